The van der Waals surface area contributed by atoms with Crippen LogP contribution in [0.1, 0.15) is 37.4 Å². The molecule has 3 rings (SSSR count). The molecule has 1 saturated carbocycles. The lowest BCUT2D eigenvalue weighted by Crippen LogP contribution is -2.47. The van der Waals surface area contributed by atoms with E-state index in [1.54, 1.807) is 11.9 Å². The van der Waals surface area contributed by atoms with Gasteiger partial charge in [0.05, 0.1) is 11.7 Å². The highest BCUT2D eigenvalue weighted by molar-refractivity contribution is 6.07. The van der Waals surface area contributed by atoms with E-state index in [1.807, 2.05) is 25.0 Å². The Labute approximate surface area is 149 Å². The predicted octanol–water partition coefficient (Wildman–Crippen LogP) is 0.788. The standard InChI is InChI=1S/C18H29N5O2/c1-19-16(24)18(8-9-18)17(25)22(3)12-13-6-5-11-21(2)15(13)14-7-10-20-23(14)4/h7,10,13,15H,5-6,8-9,11-12H2,1-4H3,(H,19,24)/t13-,15+/m0/s1. The zero-order valence-corrected chi connectivity index (χ0v) is 15.7. The van der Waals surface area contributed by atoms with Gasteiger partial charge in [-0.1, -0.05) is 0 Å². The van der Waals surface area contributed by atoms with Gasteiger partial charge in [-0.3, -0.25) is 19.2 Å². The summed E-state index contributed by atoms with van der Waals surface area (Å²) in [6.07, 6.45) is 5.34. The molecule has 0 radical (unpaired) electrons. The maximum atomic E-state index is 12.9. The van der Waals surface area contributed by atoms with Crippen LogP contribution in [0.15, 0.2) is 12.3 Å². The average molecular weight is 347 g/mol. The lowest BCUT2D eigenvalue weighted by atomic mass is 9.86. The fourth-order valence-corrected chi connectivity index (χ4v) is 4.29. The fourth-order valence-electron chi connectivity index (χ4n) is 4.29. The van der Waals surface area contributed by atoms with Crippen LogP contribution in [0.4, 0.5) is 0 Å². The number of aromatic nitrogens is 2. The van der Waals surface area contributed by atoms with E-state index in [-0.39, 0.29) is 17.9 Å². The van der Waals surface area contributed by atoms with Crippen LogP contribution in [-0.2, 0) is 16.6 Å². The molecule has 2 fully saturated rings. The maximum Gasteiger partial charge on any atom is 0.238 e. The van der Waals surface area contributed by atoms with Crippen LogP contribution in [-0.4, -0.2) is 65.6 Å². The summed E-state index contributed by atoms with van der Waals surface area (Å²) >= 11 is 0. The number of hydrogen-bond donors (Lipinski definition) is 1. The van der Waals surface area contributed by atoms with Crippen molar-refractivity contribution in [2.45, 2.75) is 31.7 Å². The first kappa shape index (κ1) is 17.9. The summed E-state index contributed by atoms with van der Waals surface area (Å²) < 4.78 is 1.92. The smallest absolute Gasteiger partial charge is 0.238 e. The Balaban J connectivity index is 1.75. The van der Waals surface area contributed by atoms with Gasteiger partial charge in [0, 0.05) is 33.9 Å². The normalized spacial score (nSPS) is 25.4. The molecular formula is C18H29N5O2. The minimum absolute atomic E-state index is 0.0381. The van der Waals surface area contributed by atoms with Crippen LogP contribution in [0.25, 0.3) is 0 Å². The van der Waals surface area contributed by atoms with Gasteiger partial charge in [0.2, 0.25) is 11.8 Å². The Hall–Kier alpha value is -1.89. The van der Waals surface area contributed by atoms with Crippen LogP contribution < -0.4 is 5.32 Å². The first-order valence-electron chi connectivity index (χ1n) is 9.06. The van der Waals surface area contributed by atoms with Gasteiger partial charge in [-0.15, -0.1) is 0 Å². The van der Waals surface area contributed by atoms with Crippen molar-refractivity contribution in [1.29, 1.82) is 0 Å². The second-order valence-electron chi connectivity index (χ2n) is 7.55. The van der Waals surface area contributed by atoms with E-state index >= 15 is 0 Å². The van der Waals surface area contributed by atoms with Crippen LogP contribution >= 0.6 is 0 Å². The molecule has 1 aromatic heterocycles. The molecule has 25 heavy (non-hydrogen) atoms. The number of piperidine rings is 1. The largest absolute Gasteiger partial charge is 0.358 e. The van der Waals surface area contributed by atoms with Gasteiger partial charge in [0.1, 0.15) is 5.41 Å². The highest BCUT2D eigenvalue weighted by Gasteiger charge is 2.57. The molecule has 7 heteroatoms. The van der Waals surface area contributed by atoms with Crippen molar-refractivity contribution in [2.75, 3.05) is 34.2 Å². The molecule has 0 spiro atoms. The summed E-state index contributed by atoms with van der Waals surface area (Å²) in [7, 11) is 7.54. The van der Waals surface area contributed by atoms with Crippen molar-refractivity contribution in [3.63, 3.8) is 0 Å². The van der Waals surface area contributed by atoms with Crippen molar-refractivity contribution < 1.29 is 9.59 Å². The summed E-state index contributed by atoms with van der Waals surface area (Å²) in [6, 6.07) is 2.31. The summed E-state index contributed by atoms with van der Waals surface area (Å²) in [5, 5.41) is 6.96. The summed E-state index contributed by atoms with van der Waals surface area (Å²) in [5.74, 6) is 0.153. The van der Waals surface area contributed by atoms with E-state index < -0.39 is 5.41 Å². The van der Waals surface area contributed by atoms with Gasteiger partial charge in [0.15, 0.2) is 0 Å². The molecule has 0 bridgehead atoms. The Morgan fingerprint density at radius 3 is 2.68 bits per heavy atom. The van der Waals surface area contributed by atoms with Crippen molar-refractivity contribution in [2.24, 2.45) is 18.4 Å². The Morgan fingerprint density at radius 2 is 2.12 bits per heavy atom. The molecule has 7 nitrogen and oxygen atoms in total. The number of rotatable bonds is 5. The molecule has 2 aliphatic rings. The number of aryl methyl sites for hydroxylation is 1. The average Bonchev–Trinajstić information content (AvgIpc) is 3.30. The van der Waals surface area contributed by atoms with Gasteiger partial charge in [0.25, 0.3) is 0 Å². The molecule has 2 atom stereocenters. The van der Waals surface area contributed by atoms with E-state index in [9.17, 15) is 9.59 Å². The topological polar surface area (TPSA) is 70.5 Å². The van der Waals surface area contributed by atoms with Crippen molar-refractivity contribution >= 4 is 11.8 Å². The maximum absolute atomic E-state index is 12.9. The number of hydrogen-bond acceptors (Lipinski definition) is 4. The third-order valence-corrected chi connectivity index (χ3v) is 5.85. The molecular weight excluding hydrogens is 318 g/mol. The Kier molecular flexibility index (Phi) is 4.86. The number of nitrogens with zero attached hydrogens (tertiary/aromatic N) is 4. The van der Waals surface area contributed by atoms with Gasteiger partial charge in [-0.2, -0.15) is 5.10 Å². The van der Waals surface area contributed by atoms with Crippen LogP contribution in [0, 0.1) is 11.3 Å². The molecule has 0 aromatic carbocycles. The number of nitrogens with one attached hydrogen (secondary N) is 1. The van der Waals surface area contributed by atoms with Gasteiger partial charge in [-0.25, -0.2) is 0 Å². The summed E-state index contributed by atoms with van der Waals surface area (Å²) in [5.41, 5.74) is 0.368. The van der Waals surface area contributed by atoms with Gasteiger partial charge in [-0.05, 0) is 51.3 Å². The molecule has 2 heterocycles. The van der Waals surface area contributed by atoms with Crippen molar-refractivity contribution in [1.82, 2.24) is 24.9 Å². The Bertz CT molecular complexity index is 652. The molecule has 1 aromatic rings. The predicted molar refractivity (Wildman–Crippen MR) is 94.7 cm³/mol. The molecule has 0 unspecified atom stereocenters. The van der Waals surface area contributed by atoms with Crippen molar-refractivity contribution in [3.05, 3.63) is 18.0 Å². The monoisotopic (exact) mass is 347 g/mol. The fraction of sp³-hybridized carbons (Fsp3) is 0.722. The lowest BCUT2D eigenvalue weighted by molar-refractivity contribution is -0.143. The van der Waals surface area contributed by atoms with E-state index in [0.29, 0.717) is 25.3 Å². The quantitative estimate of drug-likeness (QED) is 0.800. The molecule has 2 amide bonds. The third kappa shape index (κ3) is 3.17. The molecule has 138 valence electrons. The number of likely N-dealkylation sites (tertiary alicyclic amines) is 1. The SMILES string of the molecule is CNC(=O)C1(C(=O)N(C)C[C@@H]2CCCN(C)[C@H]2c2ccnn2C)CC1. The number of carbonyl (C=O) groups excluding carboxylic acids is 2. The number of amides is 2. The molecule has 1 N–H and O–H groups in total. The first-order chi connectivity index (χ1) is 11.9. The van der Waals surface area contributed by atoms with E-state index in [2.05, 4.69) is 28.4 Å². The second-order valence-corrected chi connectivity index (χ2v) is 7.55. The van der Waals surface area contributed by atoms with Gasteiger partial charge >= 0.3 is 0 Å². The second kappa shape index (κ2) is 6.78. The van der Waals surface area contributed by atoms with E-state index in [0.717, 1.165) is 19.4 Å². The zero-order valence-electron chi connectivity index (χ0n) is 15.7. The summed E-state index contributed by atoms with van der Waals surface area (Å²) in [4.78, 5) is 29.1. The minimum Gasteiger partial charge on any atom is -0.358 e. The van der Waals surface area contributed by atoms with E-state index in [1.165, 1.54) is 5.69 Å². The summed E-state index contributed by atoms with van der Waals surface area (Å²) in [6.45, 7) is 1.71. The van der Waals surface area contributed by atoms with Crippen LogP contribution in [0.3, 0.4) is 0 Å². The molecule has 1 aliphatic carbocycles. The lowest BCUT2D eigenvalue weighted by Gasteiger charge is -2.41. The van der Waals surface area contributed by atoms with Crippen LogP contribution in [0.5, 0.6) is 0 Å². The van der Waals surface area contributed by atoms with Crippen LogP contribution in [0.2, 0.25) is 0 Å². The number of carbonyl (C=O) groups is 2. The third-order valence-electron chi connectivity index (χ3n) is 5.85. The van der Waals surface area contributed by atoms with Crippen molar-refractivity contribution in [3.8, 4) is 0 Å². The highest BCUT2D eigenvalue weighted by atomic mass is 16.2. The molecule has 1 aliphatic heterocycles. The first-order valence-corrected chi connectivity index (χ1v) is 9.06. The van der Waals surface area contributed by atoms with Gasteiger partial charge < -0.3 is 10.2 Å². The minimum atomic E-state index is -0.813. The van der Waals surface area contributed by atoms with E-state index in [4.69, 9.17) is 0 Å². The Morgan fingerprint density at radius 1 is 1.40 bits per heavy atom. The zero-order chi connectivity index (χ0) is 18.2. The molecule has 1 saturated heterocycles. The highest BCUT2D eigenvalue weighted by Crippen LogP contribution is 2.47.